The first-order valence-corrected chi connectivity index (χ1v) is 5.71. The van der Waals surface area contributed by atoms with Gasteiger partial charge in [-0.25, -0.2) is 4.79 Å². The van der Waals surface area contributed by atoms with Crippen molar-refractivity contribution in [2.75, 3.05) is 0 Å². The number of aliphatic hydroxyl groups excluding tert-OH is 1. The Hall–Kier alpha value is -2.02. The van der Waals surface area contributed by atoms with Crippen LogP contribution in [0.15, 0.2) is 18.2 Å². The maximum absolute atomic E-state index is 12.7. The molecular weight excluding hydrogens is 275 g/mol. The van der Waals surface area contributed by atoms with Crippen molar-refractivity contribution in [3.8, 4) is 0 Å². The number of aliphatic hydroxyl groups is 1. The predicted octanol–water partition coefficient (Wildman–Crippen LogP) is 2.62. The minimum Gasteiger partial charge on any atom is -0.479 e. The van der Waals surface area contributed by atoms with Crippen molar-refractivity contribution >= 4 is 16.9 Å². The molecule has 0 fully saturated rings. The summed E-state index contributed by atoms with van der Waals surface area (Å²) in [7, 11) is 1.60. The third kappa shape index (κ3) is 2.14. The van der Waals surface area contributed by atoms with Crippen LogP contribution in [0.4, 0.5) is 13.2 Å². The molecule has 0 spiro atoms. The van der Waals surface area contributed by atoms with E-state index < -0.39 is 23.8 Å². The summed E-state index contributed by atoms with van der Waals surface area (Å²) < 4.78 is 39.7. The van der Waals surface area contributed by atoms with Crippen LogP contribution in [0.2, 0.25) is 0 Å². The van der Waals surface area contributed by atoms with Gasteiger partial charge in [0.25, 0.3) is 0 Å². The second-order valence-electron chi connectivity index (χ2n) is 4.53. The maximum Gasteiger partial charge on any atom is 0.416 e. The molecule has 1 aromatic heterocycles. The molecule has 0 bridgehead atoms. The third-order valence-electron chi connectivity index (χ3n) is 3.38. The molecule has 20 heavy (non-hydrogen) atoms. The summed E-state index contributed by atoms with van der Waals surface area (Å²) in [4.78, 5) is 10.9. The summed E-state index contributed by atoms with van der Waals surface area (Å²) in [5.74, 6) is -1.50. The summed E-state index contributed by atoms with van der Waals surface area (Å²) in [6, 6.07) is 3.06. The fourth-order valence-corrected chi connectivity index (χ4v) is 2.25. The normalized spacial score (nSPS) is 13.7. The van der Waals surface area contributed by atoms with Gasteiger partial charge in [0.05, 0.1) is 5.56 Å². The van der Waals surface area contributed by atoms with Crippen LogP contribution in [0.25, 0.3) is 10.9 Å². The third-order valence-corrected chi connectivity index (χ3v) is 3.38. The van der Waals surface area contributed by atoms with E-state index in [1.165, 1.54) is 6.07 Å². The van der Waals surface area contributed by atoms with Crippen LogP contribution in [0.3, 0.4) is 0 Å². The molecule has 0 saturated heterocycles. The Balaban J connectivity index is 2.79. The highest BCUT2D eigenvalue weighted by molar-refractivity contribution is 5.91. The Morgan fingerprint density at radius 1 is 1.35 bits per heavy atom. The van der Waals surface area contributed by atoms with Gasteiger partial charge >= 0.3 is 12.1 Å². The molecule has 0 aliphatic rings. The molecule has 108 valence electrons. The van der Waals surface area contributed by atoms with E-state index >= 15 is 0 Å². The zero-order chi connectivity index (χ0) is 15.2. The predicted molar refractivity (Wildman–Crippen MR) is 65.3 cm³/mol. The Kier molecular flexibility index (Phi) is 3.25. The Morgan fingerprint density at radius 2 is 1.95 bits per heavy atom. The van der Waals surface area contributed by atoms with Gasteiger partial charge in [-0.1, -0.05) is 0 Å². The van der Waals surface area contributed by atoms with Crippen molar-refractivity contribution in [1.82, 2.24) is 4.57 Å². The molecule has 1 atom stereocenters. The fraction of sp³-hybridized carbons (Fsp3) is 0.308. The van der Waals surface area contributed by atoms with E-state index in [4.69, 9.17) is 5.11 Å². The highest BCUT2D eigenvalue weighted by atomic mass is 19.4. The summed E-state index contributed by atoms with van der Waals surface area (Å²) in [5, 5.41) is 18.7. The van der Waals surface area contributed by atoms with Gasteiger partial charge in [0, 0.05) is 29.2 Å². The zero-order valence-electron chi connectivity index (χ0n) is 10.7. The number of hydrogen-bond acceptors (Lipinski definition) is 2. The lowest BCUT2D eigenvalue weighted by Gasteiger charge is -2.08. The highest BCUT2D eigenvalue weighted by Gasteiger charge is 2.32. The minimum atomic E-state index is -4.52. The number of aliphatic carboxylic acids is 1. The monoisotopic (exact) mass is 287 g/mol. The Bertz CT molecular complexity index is 688. The van der Waals surface area contributed by atoms with Crippen molar-refractivity contribution < 1.29 is 28.2 Å². The standard InChI is InChI=1S/C13H12F3NO3/c1-6-10(11(18)12(19)20)8-5-7(13(14,15)16)3-4-9(8)17(6)2/h3-5,11,18H,1-2H3,(H,19,20). The van der Waals surface area contributed by atoms with Gasteiger partial charge < -0.3 is 14.8 Å². The number of rotatable bonds is 2. The molecule has 0 aliphatic heterocycles. The molecule has 0 aliphatic carbocycles. The first-order chi connectivity index (χ1) is 9.14. The zero-order valence-corrected chi connectivity index (χ0v) is 10.7. The summed E-state index contributed by atoms with van der Waals surface area (Å²) >= 11 is 0. The molecule has 1 unspecified atom stereocenters. The second-order valence-corrected chi connectivity index (χ2v) is 4.53. The van der Waals surface area contributed by atoms with E-state index in [2.05, 4.69) is 0 Å². The van der Waals surface area contributed by atoms with E-state index in [1.54, 1.807) is 18.5 Å². The van der Waals surface area contributed by atoms with Crippen LogP contribution in [0.5, 0.6) is 0 Å². The Morgan fingerprint density at radius 3 is 2.45 bits per heavy atom. The van der Waals surface area contributed by atoms with Gasteiger partial charge in [-0.05, 0) is 25.1 Å². The molecule has 1 heterocycles. The number of carboxylic acids is 1. The Labute approximate surface area is 112 Å². The summed E-state index contributed by atoms with van der Waals surface area (Å²) in [6.45, 7) is 1.55. The summed E-state index contributed by atoms with van der Waals surface area (Å²) in [6.07, 6.45) is -6.38. The van der Waals surface area contributed by atoms with Crippen molar-refractivity contribution in [2.45, 2.75) is 19.2 Å². The molecule has 0 radical (unpaired) electrons. The lowest BCUT2D eigenvalue weighted by atomic mass is 10.0. The van der Waals surface area contributed by atoms with Crippen LogP contribution in [-0.2, 0) is 18.0 Å². The molecule has 0 saturated carbocycles. The van der Waals surface area contributed by atoms with Gasteiger partial charge in [-0.15, -0.1) is 0 Å². The number of hydrogen-bond donors (Lipinski definition) is 2. The molecule has 2 rings (SSSR count). The minimum absolute atomic E-state index is 0.0129. The van der Waals surface area contributed by atoms with E-state index in [9.17, 15) is 23.1 Å². The number of benzene rings is 1. The number of carboxylic acid groups (broad SMARTS) is 1. The van der Waals surface area contributed by atoms with E-state index in [0.29, 0.717) is 11.2 Å². The number of aryl methyl sites for hydroxylation is 1. The maximum atomic E-state index is 12.7. The second kappa shape index (κ2) is 4.52. The van der Waals surface area contributed by atoms with Crippen LogP contribution in [0.1, 0.15) is 22.9 Å². The average Bonchev–Trinajstić information content (AvgIpc) is 2.60. The number of halogens is 3. The average molecular weight is 287 g/mol. The molecule has 2 aromatic rings. The molecule has 7 heteroatoms. The van der Waals surface area contributed by atoms with Crippen molar-refractivity contribution in [2.24, 2.45) is 7.05 Å². The molecule has 1 aromatic carbocycles. The molecule has 0 amide bonds. The molecule has 2 N–H and O–H groups in total. The number of nitrogens with zero attached hydrogens (tertiary/aromatic N) is 1. The van der Waals surface area contributed by atoms with Crippen molar-refractivity contribution in [1.29, 1.82) is 0 Å². The largest absolute Gasteiger partial charge is 0.479 e. The quantitative estimate of drug-likeness (QED) is 0.892. The van der Waals surface area contributed by atoms with Gasteiger partial charge in [0.2, 0.25) is 0 Å². The van der Waals surface area contributed by atoms with Crippen LogP contribution >= 0.6 is 0 Å². The highest BCUT2D eigenvalue weighted by Crippen LogP contribution is 2.36. The summed E-state index contributed by atoms with van der Waals surface area (Å²) in [5.41, 5.74) is -0.0458. The molecule has 4 nitrogen and oxygen atoms in total. The van der Waals surface area contributed by atoms with Crippen LogP contribution in [0, 0.1) is 6.92 Å². The first-order valence-electron chi connectivity index (χ1n) is 5.71. The number of carbonyl (C=O) groups is 1. The van der Waals surface area contributed by atoms with Gasteiger partial charge in [-0.3, -0.25) is 0 Å². The van der Waals surface area contributed by atoms with Gasteiger partial charge in [0.1, 0.15) is 0 Å². The topological polar surface area (TPSA) is 62.5 Å². The van der Waals surface area contributed by atoms with Gasteiger partial charge in [-0.2, -0.15) is 13.2 Å². The van der Waals surface area contributed by atoms with Crippen LogP contribution < -0.4 is 0 Å². The van der Waals surface area contributed by atoms with Crippen LogP contribution in [-0.4, -0.2) is 20.7 Å². The SMILES string of the molecule is Cc1c(C(O)C(=O)O)c2cc(C(F)(F)F)ccc2n1C. The number of aromatic nitrogens is 1. The van der Waals surface area contributed by atoms with E-state index in [-0.39, 0.29) is 10.9 Å². The van der Waals surface area contributed by atoms with E-state index in [0.717, 1.165) is 12.1 Å². The van der Waals surface area contributed by atoms with E-state index in [1.807, 2.05) is 0 Å². The smallest absolute Gasteiger partial charge is 0.416 e. The number of alkyl halides is 3. The lowest BCUT2D eigenvalue weighted by Crippen LogP contribution is -2.12. The number of fused-ring (bicyclic) bond motifs is 1. The fourth-order valence-electron chi connectivity index (χ4n) is 2.25. The molecular formula is C13H12F3NO3. The lowest BCUT2D eigenvalue weighted by molar-refractivity contribution is -0.146. The first kappa shape index (κ1) is 14.4. The van der Waals surface area contributed by atoms with Gasteiger partial charge in [0.15, 0.2) is 6.10 Å². The van der Waals surface area contributed by atoms with Crippen molar-refractivity contribution in [3.05, 3.63) is 35.0 Å². The van der Waals surface area contributed by atoms with Crippen molar-refractivity contribution in [3.63, 3.8) is 0 Å².